The molecule has 0 fully saturated rings. The monoisotopic (exact) mass is 1040 g/mol. The van der Waals surface area contributed by atoms with Gasteiger partial charge in [0.2, 0.25) is 0 Å². The Balaban J connectivity index is 1.05. The molecule has 15 rings (SSSR count). The van der Waals surface area contributed by atoms with Crippen molar-refractivity contribution in [3.8, 4) is 108 Å². The van der Waals surface area contributed by atoms with E-state index in [9.17, 15) is 0 Å². The molecule has 9 heteroatoms. The van der Waals surface area contributed by atoms with E-state index in [-0.39, 0.29) is 6.71 Å². The van der Waals surface area contributed by atoms with Gasteiger partial charge in [0.25, 0.3) is 6.71 Å². The van der Waals surface area contributed by atoms with Gasteiger partial charge >= 0.3 is 0 Å². The number of nitrogens with zero attached hydrogens (tertiary/aromatic N) is 7. The smallest absolute Gasteiger partial charge is 0.256 e. The zero-order valence-electron chi connectivity index (χ0n) is 45.7. The van der Waals surface area contributed by atoms with Crippen LogP contribution in [0.2, 0.25) is 0 Å². The fourth-order valence-corrected chi connectivity index (χ4v) is 13.0. The van der Waals surface area contributed by atoms with Gasteiger partial charge in [-0.05, 0) is 145 Å². The van der Waals surface area contributed by atoms with Crippen LogP contribution >= 0.6 is 0 Å². The summed E-state index contributed by atoms with van der Waals surface area (Å²) in [5.41, 5.74) is 24.1. The van der Waals surface area contributed by atoms with Crippen LogP contribution in [-0.4, -0.2) is 41.2 Å². The maximum absolute atomic E-state index is 7.31. The molecule has 0 amide bonds. The average Bonchev–Trinajstić information content (AvgIpc) is 2.07. The molecule has 0 spiro atoms. The standard InChI is InChI=1S/C72H52BN7O/c1-41-31-43(3)63(44(4)32-41)51-28-30-61-57(37-51)73-58-38-54(72-78-69(49-23-15-9-16-24-49)75-70(79-72)50-25-17-10-18-26-50)36-56-55-35-52(71-76-67(47-19-11-7-12-20-47)74-68(77-71)48-21-13-8-14-22-48)27-29-59(55)80(66(56)58)60-39-53(40-62(81-61)65(60)73)64-45(5)33-42(2)34-46(64)6/h7-40H,1-6H3. The summed E-state index contributed by atoms with van der Waals surface area (Å²) < 4.78 is 9.79. The first kappa shape index (κ1) is 48.0. The van der Waals surface area contributed by atoms with Gasteiger partial charge in [-0.2, -0.15) is 0 Å². The minimum absolute atomic E-state index is 0.243. The first-order chi connectivity index (χ1) is 39.6. The molecular weight excluding hydrogens is 990 g/mol. The van der Waals surface area contributed by atoms with Gasteiger partial charge in [-0.1, -0.05) is 175 Å². The lowest BCUT2D eigenvalue weighted by atomic mass is 9.34. The molecule has 0 saturated heterocycles. The quantitative estimate of drug-likeness (QED) is 0.140. The first-order valence-corrected chi connectivity index (χ1v) is 27.6. The third kappa shape index (κ3) is 8.06. The molecule has 0 unspecified atom stereocenters. The third-order valence-corrected chi connectivity index (χ3v) is 16.2. The molecule has 13 aromatic rings. The van der Waals surface area contributed by atoms with Crippen molar-refractivity contribution in [1.29, 1.82) is 0 Å². The minimum Gasteiger partial charge on any atom is -0.458 e. The van der Waals surface area contributed by atoms with Crippen LogP contribution in [0.15, 0.2) is 206 Å². The Hall–Kier alpha value is -10.1. The number of hydrogen-bond donors (Lipinski definition) is 0. The maximum Gasteiger partial charge on any atom is 0.256 e. The summed E-state index contributed by atoms with van der Waals surface area (Å²) in [4.78, 5) is 31.4. The topological polar surface area (TPSA) is 91.5 Å². The van der Waals surface area contributed by atoms with Crippen LogP contribution in [0.5, 0.6) is 11.5 Å². The van der Waals surface area contributed by atoms with E-state index >= 15 is 0 Å². The third-order valence-electron chi connectivity index (χ3n) is 16.2. The van der Waals surface area contributed by atoms with E-state index < -0.39 is 0 Å². The van der Waals surface area contributed by atoms with E-state index in [1.165, 1.54) is 44.5 Å². The van der Waals surface area contributed by atoms with Crippen LogP contribution in [0.25, 0.3) is 118 Å². The second-order valence-corrected chi connectivity index (χ2v) is 21.8. The number of aryl methyl sites for hydroxylation is 6. The highest BCUT2D eigenvalue weighted by atomic mass is 16.5. The van der Waals surface area contributed by atoms with Gasteiger partial charge in [-0.25, -0.2) is 29.9 Å². The highest BCUT2D eigenvalue weighted by Gasteiger charge is 2.42. The van der Waals surface area contributed by atoms with Gasteiger partial charge in [0.1, 0.15) is 11.5 Å². The molecular formula is C72H52BN7O. The summed E-state index contributed by atoms with van der Waals surface area (Å²) >= 11 is 0. The van der Waals surface area contributed by atoms with Crippen LogP contribution in [0.3, 0.4) is 0 Å². The summed E-state index contributed by atoms with van der Waals surface area (Å²) in [5, 5.41) is 2.09. The average molecular weight is 1040 g/mol. The van der Waals surface area contributed by atoms with Gasteiger partial charge in [-0.3, -0.25) is 0 Å². The predicted molar refractivity (Wildman–Crippen MR) is 331 cm³/mol. The number of hydrogen-bond acceptors (Lipinski definition) is 7. The van der Waals surface area contributed by atoms with E-state index in [2.05, 4.69) is 155 Å². The second kappa shape index (κ2) is 18.8. The van der Waals surface area contributed by atoms with Crippen molar-refractivity contribution in [1.82, 2.24) is 34.5 Å². The van der Waals surface area contributed by atoms with E-state index in [1.54, 1.807) is 0 Å². The van der Waals surface area contributed by atoms with E-state index in [0.29, 0.717) is 34.9 Å². The lowest BCUT2D eigenvalue weighted by Gasteiger charge is -2.34. The lowest BCUT2D eigenvalue weighted by molar-refractivity contribution is 0.487. The Morgan fingerprint density at radius 3 is 1.25 bits per heavy atom. The van der Waals surface area contributed by atoms with Crippen LogP contribution in [0, 0.1) is 41.5 Å². The Labute approximate surface area is 470 Å². The highest BCUT2D eigenvalue weighted by Crippen LogP contribution is 2.44. The highest BCUT2D eigenvalue weighted by molar-refractivity contribution is 6.99. The molecule has 10 aromatic carbocycles. The number of benzene rings is 10. The molecule has 3 aromatic heterocycles. The van der Waals surface area contributed by atoms with E-state index in [1.807, 2.05) is 97.1 Å². The van der Waals surface area contributed by atoms with Crippen LogP contribution in [0.4, 0.5) is 0 Å². The SMILES string of the molecule is Cc1cc(C)c(-c2ccc3c(c2)B2c4c(cc(-c5c(C)cc(C)cc5C)cc4-n4c5ccc(-c6nc(-c7ccccc7)nc(-c7ccccc7)n6)cc5c5cc(-c6nc(-c7ccccc7)nc(-c7ccccc7)n6)cc2c54)O3)c(C)c1. The van der Waals surface area contributed by atoms with Gasteiger partial charge < -0.3 is 9.30 Å². The summed E-state index contributed by atoms with van der Waals surface area (Å²) in [7, 11) is 0. The Morgan fingerprint density at radius 1 is 0.333 bits per heavy atom. The van der Waals surface area contributed by atoms with E-state index in [4.69, 9.17) is 34.6 Å². The lowest BCUT2D eigenvalue weighted by Crippen LogP contribution is -2.58. The number of rotatable bonds is 8. The molecule has 0 radical (unpaired) electrons. The zero-order chi connectivity index (χ0) is 54.6. The normalized spacial score (nSPS) is 12.1. The van der Waals surface area contributed by atoms with Crippen LogP contribution < -0.4 is 21.1 Å². The molecule has 0 N–H and O–H groups in total. The van der Waals surface area contributed by atoms with Crippen LogP contribution in [-0.2, 0) is 0 Å². The second-order valence-electron chi connectivity index (χ2n) is 21.8. The van der Waals surface area contributed by atoms with E-state index in [0.717, 1.165) is 99.9 Å². The summed E-state index contributed by atoms with van der Waals surface area (Å²) in [6.07, 6.45) is 0. The summed E-state index contributed by atoms with van der Waals surface area (Å²) in [6.45, 7) is 13.0. The summed E-state index contributed by atoms with van der Waals surface area (Å²) in [6, 6.07) is 72.6. The predicted octanol–water partition coefficient (Wildman–Crippen LogP) is 15.3. The number of ether oxygens (including phenoxy) is 1. The molecule has 0 aliphatic carbocycles. The van der Waals surface area contributed by atoms with Crippen molar-refractivity contribution in [2.24, 2.45) is 0 Å². The Kier molecular flexibility index (Phi) is 11.1. The van der Waals surface area contributed by atoms with Crippen LogP contribution in [0.1, 0.15) is 33.4 Å². The maximum atomic E-state index is 7.31. The molecule has 0 saturated carbocycles. The molecule has 5 heterocycles. The first-order valence-electron chi connectivity index (χ1n) is 27.6. The molecule has 0 atom stereocenters. The number of fused-ring (bicyclic) bond motifs is 7. The zero-order valence-corrected chi connectivity index (χ0v) is 45.7. The Bertz CT molecular complexity index is 4570. The Morgan fingerprint density at radius 2 is 0.753 bits per heavy atom. The van der Waals surface area contributed by atoms with Crippen molar-refractivity contribution >= 4 is 44.9 Å². The van der Waals surface area contributed by atoms with Gasteiger partial charge in [0, 0.05) is 55.4 Å². The summed E-state index contributed by atoms with van der Waals surface area (Å²) in [5.74, 6) is 5.24. The largest absolute Gasteiger partial charge is 0.458 e. The molecule has 0 bridgehead atoms. The van der Waals surface area contributed by atoms with Crippen molar-refractivity contribution in [2.75, 3.05) is 0 Å². The molecule has 8 nitrogen and oxygen atoms in total. The van der Waals surface area contributed by atoms with Gasteiger partial charge in [0.15, 0.2) is 34.9 Å². The van der Waals surface area contributed by atoms with Crippen molar-refractivity contribution < 1.29 is 4.74 Å². The van der Waals surface area contributed by atoms with Crippen molar-refractivity contribution in [3.63, 3.8) is 0 Å². The fourth-order valence-electron chi connectivity index (χ4n) is 13.0. The van der Waals surface area contributed by atoms with Gasteiger partial charge in [-0.15, -0.1) is 0 Å². The van der Waals surface area contributed by atoms with Gasteiger partial charge in [0.05, 0.1) is 5.52 Å². The molecule has 384 valence electrons. The fraction of sp³-hybridized carbons (Fsp3) is 0.0833. The molecule has 2 aliphatic rings. The molecule has 2 aliphatic heterocycles. The van der Waals surface area contributed by atoms with Crippen molar-refractivity contribution in [3.05, 3.63) is 240 Å². The number of aromatic nitrogens is 7. The van der Waals surface area contributed by atoms with Crippen molar-refractivity contribution in [2.45, 2.75) is 41.5 Å². The minimum atomic E-state index is -0.243. The molecule has 81 heavy (non-hydrogen) atoms.